The lowest BCUT2D eigenvalue weighted by molar-refractivity contribution is -0.130. The Balaban J connectivity index is 1.58. The lowest BCUT2D eigenvalue weighted by Gasteiger charge is -2.37. The van der Waals surface area contributed by atoms with Gasteiger partial charge < -0.3 is 14.6 Å². The zero-order chi connectivity index (χ0) is 17.1. The molecule has 1 amide bonds. The Kier molecular flexibility index (Phi) is 5.50. The van der Waals surface area contributed by atoms with Crippen molar-refractivity contribution >= 4 is 5.91 Å². The van der Waals surface area contributed by atoms with E-state index in [1.165, 1.54) is 19.3 Å². The van der Waals surface area contributed by atoms with Crippen molar-refractivity contribution in [3.63, 3.8) is 0 Å². The van der Waals surface area contributed by atoms with E-state index in [-0.39, 0.29) is 18.1 Å². The van der Waals surface area contributed by atoms with Crippen LogP contribution in [0.1, 0.15) is 51.5 Å². The van der Waals surface area contributed by atoms with E-state index in [0.29, 0.717) is 25.1 Å². The fraction of sp³-hybridized carbons (Fsp3) is 0.824. The molecule has 1 aromatic rings. The van der Waals surface area contributed by atoms with Crippen LogP contribution < -0.4 is 5.32 Å². The minimum atomic E-state index is -0.154. The molecular weight excluding hydrogens is 306 g/mol. The van der Waals surface area contributed by atoms with Crippen LogP contribution >= 0.6 is 0 Å². The second-order valence-corrected chi connectivity index (χ2v) is 7.21. The minimum absolute atomic E-state index is 0.130. The van der Waals surface area contributed by atoms with Gasteiger partial charge in [0, 0.05) is 26.2 Å². The summed E-state index contributed by atoms with van der Waals surface area (Å²) < 4.78 is 7.71. The maximum Gasteiger partial charge on any atom is 0.237 e. The molecule has 0 aromatic carbocycles. The fourth-order valence-electron chi connectivity index (χ4n) is 3.76. The standard InChI is InChI=1S/C17H29N5O2/c1-12-6-4-5-7-14(12)19-17(23)13(2)22-8-9-24-15(10-22)16-20-18-11-21(16)3/h11-15H,4-10H2,1-3H3,(H,19,23). The SMILES string of the molecule is CC1CCCCC1NC(=O)C(C)N1CCOC(c2nncn2C)C1. The van der Waals surface area contributed by atoms with Crippen LogP contribution in [-0.4, -0.2) is 57.4 Å². The van der Waals surface area contributed by atoms with Gasteiger partial charge in [-0.05, 0) is 25.7 Å². The van der Waals surface area contributed by atoms with Crippen LogP contribution in [0, 0.1) is 5.92 Å². The molecule has 1 saturated carbocycles. The Hall–Kier alpha value is -1.47. The zero-order valence-corrected chi connectivity index (χ0v) is 14.9. The molecular formula is C17H29N5O2. The number of amides is 1. The molecule has 1 N–H and O–H groups in total. The van der Waals surface area contributed by atoms with Crippen molar-refractivity contribution in [1.29, 1.82) is 0 Å². The van der Waals surface area contributed by atoms with Crippen molar-refractivity contribution in [1.82, 2.24) is 25.0 Å². The summed E-state index contributed by atoms with van der Waals surface area (Å²) in [5.74, 6) is 1.52. The summed E-state index contributed by atoms with van der Waals surface area (Å²) >= 11 is 0. The van der Waals surface area contributed by atoms with Gasteiger partial charge in [-0.15, -0.1) is 10.2 Å². The summed E-state index contributed by atoms with van der Waals surface area (Å²) in [5.41, 5.74) is 0. The average Bonchev–Trinajstić information content (AvgIpc) is 3.02. The molecule has 0 spiro atoms. The third-order valence-corrected chi connectivity index (χ3v) is 5.50. The van der Waals surface area contributed by atoms with Crippen molar-refractivity contribution < 1.29 is 9.53 Å². The van der Waals surface area contributed by atoms with Crippen LogP contribution in [0.2, 0.25) is 0 Å². The van der Waals surface area contributed by atoms with Gasteiger partial charge in [0.25, 0.3) is 0 Å². The highest BCUT2D eigenvalue weighted by Gasteiger charge is 2.32. The minimum Gasteiger partial charge on any atom is -0.368 e. The molecule has 134 valence electrons. The van der Waals surface area contributed by atoms with E-state index in [2.05, 4.69) is 27.3 Å². The van der Waals surface area contributed by atoms with Crippen LogP contribution in [-0.2, 0) is 16.6 Å². The van der Waals surface area contributed by atoms with Crippen molar-refractivity contribution in [2.75, 3.05) is 19.7 Å². The number of hydrogen-bond donors (Lipinski definition) is 1. The highest BCUT2D eigenvalue weighted by atomic mass is 16.5. The third kappa shape index (κ3) is 3.78. The van der Waals surface area contributed by atoms with Gasteiger partial charge in [0.1, 0.15) is 12.4 Å². The average molecular weight is 335 g/mol. The van der Waals surface area contributed by atoms with Gasteiger partial charge in [0.15, 0.2) is 5.82 Å². The first-order chi connectivity index (χ1) is 11.6. The number of hydrogen-bond acceptors (Lipinski definition) is 5. The number of nitrogens with zero attached hydrogens (tertiary/aromatic N) is 4. The Morgan fingerprint density at radius 1 is 1.42 bits per heavy atom. The van der Waals surface area contributed by atoms with Crippen LogP contribution in [0.4, 0.5) is 0 Å². The molecule has 1 saturated heterocycles. The zero-order valence-electron chi connectivity index (χ0n) is 14.9. The number of carbonyl (C=O) groups is 1. The number of aryl methyl sites for hydroxylation is 1. The van der Waals surface area contributed by atoms with Crippen LogP contribution in [0.25, 0.3) is 0 Å². The molecule has 2 aliphatic rings. The first-order valence-electron chi connectivity index (χ1n) is 9.06. The Morgan fingerprint density at radius 2 is 2.21 bits per heavy atom. The van der Waals surface area contributed by atoms with E-state index < -0.39 is 0 Å². The van der Waals surface area contributed by atoms with Gasteiger partial charge >= 0.3 is 0 Å². The van der Waals surface area contributed by atoms with Gasteiger partial charge in [-0.25, -0.2) is 0 Å². The molecule has 1 aromatic heterocycles. The molecule has 0 radical (unpaired) electrons. The molecule has 24 heavy (non-hydrogen) atoms. The van der Waals surface area contributed by atoms with Gasteiger partial charge in [-0.3, -0.25) is 9.69 Å². The summed E-state index contributed by atoms with van der Waals surface area (Å²) in [5, 5.41) is 11.3. The Bertz CT molecular complexity index is 561. The van der Waals surface area contributed by atoms with Gasteiger partial charge in [0.2, 0.25) is 5.91 Å². The third-order valence-electron chi connectivity index (χ3n) is 5.50. The fourth-order valence-corrected chi connectivity index (χ4v) is 3.76. The molecule has 2 heterocycles. The summed E-state index contributed by atoms with van der Waals surface area (Å²) in [6.45, 7) is 6.27. The largest absolute Gasteiger partial charge is 0.368 e. The predicted molar refractivity (Wildman–Crippen MR) is 90.3 cm³/mol. The molecule has 0 bridgehead atoms. The quantitative estimate of drug-likeness (QED) is 0.897. The first kappa shape index (κ1) is 17.4. The van der Waals surface area contributed by atoms with E-state index >= 15 is 0 Å². The molecule has 1 aliphatic carbocycles. The smallest absolute Gasteiger partial charge is 0.237 e. The van der Waals surface area contributed by atoms with Crippen molar-refractivity contribution in [3.05, 3.63) is 12.2 Å². The molecule has 2 fully saturated rings. The number of aromatic nitrogens is 3. The van der Waals surface area contributed by atoms with Crippen molar-refractivity contribution in [2.45, 2.75) is 57.7 Å². The summed E-state index contributed by atoms with van der Waals surface area (Å²) in [7, 11) is 1.91. The lowest BCUT2D eigenvalue weighted by atomic mass is 9.86. The van der Waals surface area contributed by atoms with Crippen LogP contribution in [0.5, 0.6) is 0 Å². The lowest BCUT2D eigenvalue weighted by Crippen LogP contribution is -2.53. The predicted octanol–water partition coefficient (Wildman–Crippen LogP) is 1.27. The molecule has 1 aliphatic heterocycles. The molecule has 7 heteroatoms. The van der Waals surface area contributed by atoms with Crippen molar-refractivity contribution in [2.24, 2.45) is 13.0 Å². The summed E-state index contributed by atoms with van der Waals surface area (Å²) in [6, 6.07) is 0.169. The molecule has 3 rings (SSSR count). The Morgan fingerprint density at radius 3 is 2.92 bits per heavy atom. The Labute approximate surface area is 143 Å². The molecule has 4 atom stereocenters. The maximum absolute atomic E-state index is 12.7. The number of morpholine rings is 1. The van der Waals surface area contributed by atoms with E-state index in [1.54, 1.807) is 6.33 Å². The van der Waals surface area contributed by atoms with Crippen LogP contribution in [0.3, 0.4) is 0 Å². The highest BCUT2D eigenvalue weighted by molar-refractivity contribution is 5.81. The monoisotopic (exact) mass is 335 g/mol. The number of carbonyl (C=O) groups excluding carboxylic acids is 1. The maximum atomic E-state index is 12.7. The normalized spacial score (nSPS) is 30.0. The number of nitrogens with one attached hydrogen (secondary N) is 1. The summed E-state index contributed by atoms with van der Waals surface area (Å²) in [6.07, 6.45) is 6.37. The van der Waals surface area contributed by atoms with E-state index in [9.17, 15) is 4.79 Å². The van der Waals surface area contributed by atoms with Gasteiger partial charge in [0.05, 0.1) is 12.6 Å². The van der Waals surface area contributed by atoms with E-state index in [4.69, 9.17) is 4.74 Å². The van der Waals surface area contributed by atoms with Crippen LogP contribution in [0.15, 0.2) is 6.33 Å². The topological polar surface area (TPSA) is 72.3 Å². The first-order valence-corrected chi connectivity index (χ1v) is 9.06. The number of rotatable bonds is 4. The van der Waals surface area contributed by atoms with Gasteiger partial charge in [-0.2, -0.15) is 0 Å². The summed E-state index contributed by atoms with van der Waals surface area (Å²) in [4.78, 5) is 14.9. The number of ether oxygens (including phenoxy) is 1. The highest BCUT2D eigenvalue weighted by Crippen LogP contribution is 2.25. The molecule has 4 unspecified atom stereocenters. The molecule has 7 nitrogen and oxygen atoms in total. The van der Waals surface area contributed by atoms with Gasteiger partial charge in [-0.1, -0.05) is 19.8 Å². The van der Waals surface area contributed by atoms with E-state index in [1.807, 2.05) is 18.5 Å². The second kappa shape index (κ2) is 7.61. The van der Waals surface area contributed by atoms with E-state index in [0.717, 1.165) is 18.8 Å². The van der Waals surface area contributed by atoms with Crippen molar-refractivity contribution in [3.8, 4) is 0 Å². The second-order valence-electron chi connectivity index (χ2n) is 7.21.